The fourth-order valence-electron chi connectivity index (χ4n) is 0.831. The van der Waals surface area contributed by atoms with Gasteiger partial charge in [-0.05, 0) is 24.3 Å². The summed E-state index contributed by atoms with van der Waals surface area (Å²) >= 11 is 5.69. The van der Waals surface area contributed by atoms with Crippen molar-refractivity contribution >= 4 is 29.2 Å². The van der Waals surface area contributed by atoms with Gasteiger partial charge in [0, 0.05) is 5.02 Å². The van der Waals surface area contributed by atoms with Gasteiger partial charge in [0.25, 0.3) is 5.96 Å². The number of nitrogens with two attached hydrogens (primary N) is 3. The summed E-state index contributed by atoms with van der Waals surface area (Å²) in [7, 11) is 0. The topological polar surface area (TPSA) is 104 Å². The second kappa shape index (κ2) is 4.48. The van der Waals surface area contributed by atoms with Crippen molar-refractivity contribution in [2.45, 2.75) is 0 Å². The van der Waals surface area contributed by atoms with Gasteiger partial charge in [-0.25, -0.2) is 4.99 Å². The van der Waals surface area contributed by atoms with Crippen LogP contribution < -0.4 is 22.2 Å². The number of rotatable bonds is 1. The molecular formula is C8H11ClN5+. The Kier molecular flexibility index (Phi) is 3.30. The molecule has 0 unspecified atom stereocenters. The van der Waals surface area contributed by atoms with Crippen LogP contribution in [0.25, 0.3) is 0 Å². The molecule has 7 N–H and O–H groups in total. The first-order chi connectivity index (χ1) is 6.58. The van der Waals surface area contributed by atoms with Gasteiger partial charge in [-0.15, -0.1) is 4.99 Å². The summed E-state index contributed by atoms with van der Waals surface area (Å²) in [5, 5.41) is 0.639. The first-order valence-electron chi connectivity index (χ1n) is 3.82. The summed E-state index contributed by atoms with van der Waals surface area (Å²) in [5.74, 6) is 0.132. The predicted octanol–water partition coefficient (Wildman–Crippen LogP) is -1.36. The van der Waals surface area contributed by atoms with Crippen LogP contribution in [0, 0.1) is 0 Å². The summed E-state index contributed by atoms with van der Waals surface area (Å²) in [6.45, 7) is 0. The van der Waals surface area contributed by atoms with Gasteiger partial charge in [0.05, 0.1) is 0 Å². The molecule has 0 aliphatic carbocycles. The largest absolute Gasteiger partial charge is 0.323 e. The van der Waals surface area contributed by atoms with Crippen molar-refractivity contribution in [2.75, 3.05) is 0 Å². The minimum absolute atomic E-state index is 0.000198. The lowest BCUT2D eigenvalue weighted by atomic mass is 10.3. The molecule has 0 aliphatic rings. The Morgan fingerprint density at radius 2 is 1.71 bits per heavy atom. The van der Waals surface area contributed by atoms with E-state index in [1.165, 1.54) is 0 Å². The van der Waals surface area contributed by atoms with E-state index in [4.69, 9.17) is 28.8 Å². The number of nitrogens with zero attached hydrogens (tertiary/aromatic N) is 1. The lowest BCUT2D eigenvalue weighted by molar-refractivity contribution is -0.320. The molecule has 1 aromatic carbocycles. The highest BCUT2D eigenvalue weighted by atomic mass is 35.5. The summed E-state index contributed by atoms with van der Waals surface area (Å²) in [5.41, 5.74) is 16.5. The highest BCUT2D eigenvalue weighted by Crippen LogP contribution is 2.15. The average Bonchev–Trinajstić information content (AvgIpc) is 2.07. The molecule has 5 nitrogen and oxygen atoms in total. The SMILES string of the molecule is NC(=Nc1ccc(Cl)cc1)[NH+]=C(N)N. The van der Waals surface area contributed by atoms with Crippen LogP contribution in [-0.4, -0.2) is 11.9 Å². The Balaban J connectivity index is 2.87. The molecular weight excluding hydrogens is 202 g/mol. The Hall–Kier alpha value is -1.75. The highest BCUT2D eigenvalue weighted by Gasteiger charge is 1.96. The van der Waals surface area contributed by atoms with E-state index >= 15 is 0 Å². The minimum Gasteiger partial charge on any atom is -0.323 e. The number of benzene rings is 1. The zero-order valence-electron chi connectivity index (χ0n) is 7.37. The Bertz CT molecular complexity index is 364. The third-order valence-corrected chi connectivity index (χ3v) is 1.60. The van der Waals surface area contributed by atoms with Gasteiger partial charge in [0.1, 0.15) is 5.69 Å². The second-order valence-electron chi connectivity index (χ2n) is 2.55. The van der Waals surface area contributed by atoms with E-state index in [0.717, 1.165) is 0 Å². The molecule has 1 rings (SSSR count). The van der Waals surface area contributed by atoms with E-state index in [-0.39, 0.29) is 11.9 Å². The van der Waals surface area contributed by atoms with E-state index < -0.39 is 0 Å². The quantitative estimate of drug-likeness (QED) is 0.341. The van der Waals surface area contributed by atoms with Crippen molar-refractivity contribution in [1.29, 1.82) is 0 Å². The van der Waals surface area contributed by atoms with Gasteiger partial charge in [0.15, 0.2) is 0 Å². The molecule has 0 fully saturated rings. The van der Waals surface area contributed by atoms with Crippen molar-refractivity contribution in [3.05, 3.63) is 29.3 Å². The van der Waals surface area contributed by atoms with Crippen molar-refractivity contribution < 1.29 is 4.99 Å². The minimum atomic E-state index is 0.000198. The molecule has 0 saturated heterocycles. The van der Waals surface area contributed by atoms with E-state index in [1.807, 2.05) is 0 Å². The molecule has 1 aromatic rings. The Morgan fingerprint density at radius 3 is 2.21 bits per heavy atom. The second-order valence-corrected chi connectivity index (χ2v) is 2.99. The lowest BCUT2D eigenvalue weighted by Crippen LogP contribution is -2.84. The number of guanidine groups is 2. The molecule has 0 saturated carbocycles. The molecule has 0 bridgehead atoms. The van der Waals surface area contributed by atoms with Crippen LogP contribution in [0.1, 0.15) is 0 Å². The standard InChI is InChI=1S/C8H10ClN5/c9-5-1-3-6(4-2-5)13-8(12)14-7(10)11/h1-4H,(H6,10,11,12,13,14)/p+1. The third kappa shape index (κ3) is 3.32. The molecule has 14 heavy (non-hydrogen) atoms. The normalized spacial score (nSPS) is 11.1. The van der Waals surface area contributed by atoms with Crippen LogP contribution in [0.3, 0.4) is 0 Å². The number of halogens is 1. The smallest absolute Gasteiger partial charge is 0.316 e. The van der Waals surface area contributed by atoms with Crippen LogP contribution in [0.4, 0.5) is 5.69 Å². The lowest BCUT2D eigenvalue weighted by Gasteiger charge is -1.92. The number of aliphatic imine (C=N–C) groups is 1. The van der Waals surface area contributed by atoms with Gasteiger partial charge < -0.3 is 17.2 Å². The molecule has 74 valence electrons. The van der Waals surface area contributed by atoms with Crippen LogP contribution in [0.5, 0.6) is 0 Å². The summed E-state index contributed by atoms with van der Waals surface area (Å²) in [4.78, 5) is 6.46. The van der Waals surface area contributed by atoms with Gasteiger partial charge in [0.2, 0.25) is 0 Å². The van der Waals surface area contributed by atoms with Crippen LogP contribution in [-0.2, 0) is 0 Å². The zero-order valence-corrected chi connectivity index (χ0v) is 8.12. The van der Waals surface area contributed by atoms with Crippen molar-refractivity contribution in [3.63, 3.8) is 0 Å². The van der Waals surface area contributed by atoms with E-state index in [9.17, 15) is 0 Å². The van der Waals surface area contributed by atoms with Crippen LogP contribution in [0.15, 0.2) is 29.3 Å². The first kappa shape index (κ1) is 10.3. The summed E-state index contributed by atoms with van der Waals surface area (Å²) in [6.07, 6.45) is 0. The number of hydrogen-bond donors (Lipinski definition) is 4. The molecule has 0 aliphatic heterocycles. The van der Waals surface area contributed by atoms with Gasteiger partial charge in [-0.2, -0.15) is 0 Å². The monoisotopic (exact) mass is 212 g/mol. The third-order valence-electron chi connectivity index (χ3n) is 1.35. The fourth-order valence-corrected chi connectivity index (χ4v) is 0.957. The van der Waals surface area contributed by atoms with E-state index in [0.29, 0.717) is 10.7 Å². The molecule has 0 radical (unpaired) electrons. The summed E-state index contributed by atoms with van der Waals surface area (Å²) < 4.78 is 0. The van der Waals surface area contributed by atoms with Gasteiger partial charge >= 0.3 is 5.96 Å². The Morgan fingerprint density at radius 1 is 1.14 bits per heavy atom. The van der Waals surface area contributed by atoms with E-state index in [1.54, 1.807) is 24.3 Å². The maximum absolute atomic E-state index is 5.69. The molecule has 0 heterocycles. The first-order valence-corrected chi connectivity index (χ1v) is 4.20. The zero-order chi connectivity index (χ0) is 10.6. The predicted molar refractivity (Wildman–Crippen MR) is 57.1 cm³/mol. The van der Waals surface area contributed by atoms with Crippen LogP contribution >= 0.6 is 11.6 Å². The maximum Gasteiger partial charge on any atom is 0.316 e. The Labute approximate surface area is 86.3 Å². The van der Waals surface area contributed by atoms with Gasteiger partial charge in [-0.3, -0.25) is 0 Å². The molecule has 0 amide bonds. The highest BCUT2D eigenvalue weighted by molar-refractivity contribution is 6.30. The van der Waals surface area contributed by atoms with Crippen molar-refractivity contribution in [2.24, 2.45) is 22.2 Å². The molecule has 0 aromatic heterocycles. The van der Waals surface area contributed by atoms with Gasteiger partial charge in [-0.1, -0.05) is 11.6 Å². The molecule has 0 atom stereocenters. The van der Waals surface area contributed by atoms with Crippen molar-refractivity contribution in [1.82, 2.24) is 0 Å². The summed E-state index contributed by atoms with van der Waals surface area (Å²) in [6, 6.07) is 6.87. The average molecular weight is 213 g/mol. The van der Waals surface area contributed by atoms with Crippen molar-refractivity contribution in [3.8, 4) is 0 Å². The number of nitrogens with one attached hydrogen (secondary N) is 1. The van der Waals surface area contributed by atoms with Crippen LogP contribution in [0.2, 0.25) is 5.02 Å². The number of hydrogen-bond acceptors (Lipinski definition) is 1. The fraction of sp³-hybridized carbons (Fsp3) is 0. The molecule has 6 heteroatoms. The van der Waals surface area contributed by atoms with E-state index in [2.05, 4.69) is 9.98 Å². The molecule has 0 spiro atoms. The maximum atomic E-state index is 5.69.